The first kappa shape index (κ1) is 18.3. The Morgan fingerprint density at radius 2 is 2.12 bits per heavy atom. The Balaban J connectivity index is 1.64. The summed E-state index contributed by atoms with van der Waals surface area (Å²) < 4.78 is 0. The number of rotatable bonds is 6. The van der Waals surface area contributed by atoms with E-state index in [1.807, 2.05) is 24.3 Å². The molecule has 1 aliphatic rings. The Morgan fingerprint density at radius 3 is 2.83 bits per heavy atom. The summed E-state index contributed by atoms with van der Waals surface area (Å²) in [4.78, 5) is 6.82. The maximum absolute atomic E-state index is 8.94. The van der Waals surface area contributed by atoms with E-state index in [4.69, 9.17) is 5.26 Å². The summed E-state index contributed by atoms with van der Waals surface area (Å²) in [7, 11) is 1.78. The maximum Gasteiger partial charge on any atom is 0.191 e. The Kier molecular flexibility index (Phi) is 7.57. The van der Waals surface area contributed by atoms with Crippen LogP contribution in [0.3, 0.4) is 0 Å². The van der Waals surface area contributed by atoms with Crippen LogP contribution in [0.1, 0.15) is 37.3 Å². The van der Waals surface area contributed by atoms with Gasteiger partial charge in [-0.1, -0.05) is 19.1 Å². The quantitative estimate of drug-likeness (QED) is 0.478. The molecule has 0 saturated carbocycles. The molecule has 0 atom stereocenters. The highest BCUT2D eigenvalue weighted by molar-refractivity contribution is 5.79. The molecule has 5 heteroatoms. The van der Waals surface area contributed by atoms with Crippen LogP contribution in [0.4, 0.5) is 0 Å². The van der Waals surface area contributed by atoms with Gasteiger partial charge in [0.05, 0.1) is 11.6 Å². The van der Waals surface area contributed by atoms with E-state index in [0.29, 0.717) is 12.1 Å². The largest absolute Gasteiger partial charge is 0.356 e. The summed E-state index contributed by atoms with van der Waals surface area (Å²) in [5.41, 5.74) is 1.77. The van der Waals surface area contributed by atoms with E-state index in [1.54, 1.807) is 7.05 Å². The average Bonchev–Trinajstić information content (AvgIpc) is 2.63. The van der Waals surface area contributed by atoms with E-state index in [2.05, 4.69) is 33.5 Å². The van der Waals surface area contributed by atoms with Gasteiger partial charge in [0.1, 0.15) is 0 Å². The van der Waals surface area contributed by atoms with Gasteiger partial charge in [0.15, 0.2) is 5.96 Å². The molecule has 1 fully saturated rings. The summed E-state index contributed by atoms with van der Waals surface area (Å²) in [6.07, 6.45) is 3.79. The van der Waals surface area contributed by atoms with Gasteiger partial charge in [-0.05, 0) is 62.5 Å². The van der Waals surface area contributed by atoms with Crippen molar-refractivity contribution in [2.75, 3.05) is 33.2 Å². The van der Waals surface area contributed by atoms with E-state index in [1.165, 1.54) is 25.9 Å². The fourth-order valence-corrected chi connectivity index (χ4v) is 2.95. The topological polar surface area (TPSA) is 63.5 Å². The maximum atomic E-state index is 8.94. The van der Waals surface area contributed by atoms with Crippen LogP contribution in [0.2, 0.25) is 0 Å². The number of nitrogens with one attached hydrogen (secondary N) is 2. The number of benzene rings is 1. The van der Waals surface area contributed by atoms with Gasteiger partial charge in [-0.15, -0.1) is 0 Å². The number of aliphatic imine (C=N–C) groups is 1. The number of guanidine groups is 1. The minimum atomic E-state index is 0.666. The number of nitrogens with zero attached hydrogens (tertiary/aromatic N) is 3. The van der Waals surface area contributed by atoms with Crippen LogP contribution in [0.25, 0.3) is 0 Å². The van der Waals surface area contributed by atoms with E-state index < -0.39 is 0 Å². The van der Waals surface area contributed by atoms with Crippen LogP contribution in [-0.4, -0.2) is 44.1 Å². The summed E-state index contributed by atoms with van der Waals surface area (Å²) in [5.74, 6) is 1.70. The average molecular weight is 327 g/mol. The third-order valence-electron chi connectivity index (χ3n) is 4.56. The molecule has 1 aromatic carbocycles. The Labute approximate surface area is 145 Å². The minimum Gasteiger partial charge on any atom is -0.356 e. The molecule has 0 unspecified atom stereocenters. The monoisotopic (exact) mass is 327 g/mol. The molecule has 2 rings (SSSR count). The zero-order chi connectivity index (χ0) is 17.2. The molecule has 0 spiro atoms. The van der Waals surface area contributed by atoms with Crippen LogP contribution < -0.4 is 10.6 Å². The van der Waals surface area contributed by atoms with Gasteiger partial charge in [0.2, 0.25) is 0 Å². The van der Waals surface area contributed by atoms with E-state index in [-0.39, 0.29) is 0 Å². The van der Waals surface area contributed by atoms with Gasteiger partial charge in [0.25, 0.3) is 0 Å². The molecule has 24 heavy (non-hydrogen) atoms. The first-order valence-corrected chi connectivity index (χ1v) is 8.87. The number of hydrogen-bond donors (Lipinski definition) is 2. The Morgan fingerprint density at radius 1 is 1.33 bits per heavy atom. The highest BCUT2D eigenvalue weighted by atomic mass is 15.2. The smallest absolute Gasteiger partial charge is 0.191 e. The van der Waals surface area contributed by atoms with Crippen molar-refractivity contribution in [3.8, 4) is 6.07 Å². The molecule has 1 aliphatic heterocycles. The predicted octanol–water partition coefficient (Wildman–Crippen LogP) is 2.35. The number of hydrogen-bond acceptors (Lipinski definition) is 3. The number of piperidine rings is 1. The van der Waals surface area contributed by atoms with Crippen molar-refractivity contribution < 1.29 is 0 Å². The summed E-state index contributed by atoms with van der Waals surface area (Å²) in [6.45, 7) is 7.57. The van der Waals surface area contributed by atoms with Crippen molar-refractivity contribution in [3.05, 3.63) is 35.4 Å². The third-order valence-corrected chi connectivity index (χ3v) is 4.56. The van der Waals surface area contributed by atoms with Crippen molar-refractivity contribution in [1.29, 1.82) is 5.26 Å². The number of nitriles is 1. The van der Waals surface area contributed by atoms with Gasteiger partial charge in [-0.2, -0.15) is 5.26 Å². The second-order valence-corrected chi connectivity index (χ2v) is 6.54. The lowest BCUT2D eigenvalue weighted by Crippen LogP contribution is -2.39. The normalized spacial score (nSPS) is 16.6. The second-order valence-electron chi connectivity index (χ2n) is 6.54. The number of likely N-dealkylation sites (tertiary alicyclic amines) is 1. The lowest BCUT2D eigenvalue weighted by molar-refractivity contribution is 0.191. The van der Waals surface area contributed by atoms with E-state index in [9.17, 15) is 0 Å². The lowest BCUT2D eigenvalue weighted by atomic mass is 9.99. The fraction of sp³-hybridized carbons (Fsp3) is 0.579. The highest BCUT2D eigenvalue weighted by Gasteiger charge is 2.14. The van der Waals surface area contributed by atoms with Crippen molar-refractivity contribution in [2.45, 2.75) is 32.7 Å². The predicted molar refractivity (Wildman–Crippen MR) is 98.8 cm³/mol. The molecular formula is C19H29N5. The van der Waals surface area contributed by atoms with Gasteiger partial charge in [-0.25, -0.2) is 0 Å². The van der Waals surface area contributed by atoms with Crippen molar-refractivity contribution in [2.24, 2.45) is 10.9 Å². The molecular weight excluding hydrogens is 298 g/mol. The first-order valence-electron chi connectivity index (χ1n) is 8.87. The van der Waals surface area contributed by atoms with Gasteiger partial charge < -0.3 is 15.5 Å². The zero-order valence-electron chi connectivity index (χ0n) is 14.9. The van der Waals surface area contributed by atoms with E-state index in [0.717, 1.165) is 37.0 Å². The first-order chi connectivity index (χ1) is 11.7. The molecule has 2 N–H and O–H groups in total. The van der Waals surface area contributed by atoms with Crippen molar-refractivity contribution in [1.82, 2.24) is 15.5 Å². The molecule has 1 heterocycles. The third kappa shape index (κ3) is 6.21. The molecule has 1 saturated heterocycles. The summed E-state index contributed by atoms with van der Waals surface area (Å²) >= 11 is 0. The van der Waals surface area contributed by atoms with Crippen LogP contribution in [0, 0.1) is 17.2 Å². The Bertz CT molecular complexity index is 567. The highest BCUT2D eigenvalue weighted by Crippen LogP contribution is 2.15. The van der Waals surface area contributed by atoms with Gasteiger partial charge in [-0.3, -0.25) is 4.99 Å². The lowest BCUT2D eigenvalue weighted by Gasteiger charge is -2.30. The summed E-state index contributed by atoms with van der Waals surface area (Å²) in [5, 5.41) is 15.6. The van der Waals surface area contributed by atoms with Crippen molar-refractivity contribution in [3.63, 3.8) is 0 Å². The molecule has 130 valence electrons. The molecule has 0 aromatic heterocycles. The molecule has 1 aromatic rings. The SMILES string of the molecule is CN=C(NCCCN1CCC(C)CC1)NCc1cccc(C#N)c1. The van der Waals surface area contributed by atoms with Crippen molar-refractivity contribution >= 4 is 5.96 Å². The van der Waals surface area contributed by atoms with Gasteiger partial charge in [0, 0.05) is 20.1 Å². The molecule has 5 nitrogen and oxygen atoms in total. The fourth-order valence-electron chi connectivity index (χ4n) is 2.95. The minimum absolute atomic E-state index is 0.666. The second kappa shape index (κ2) is 9.94. The molecule has 0 aliphatic carbocycles. The van der Waals surface area contributed by atoms with Crippen LogP contribution in [-0.2, 0) is 6.54 Å². The standard InChI is InChI=1S/C19H29N5/c1-16-7-11-24(12-8-16)10-4-9-22-19(21-2)23-15-18-6-3-5-17(13-18)14-20/h3,5-6,13,16H,4,7-12,15H2,1-2H3,(H2,21,22,23). The Hall–Kier alpha value is -2.06. The molecule has 0 radical (unpaired) electrons. The van der Waals surface area contributed by atoms with E-state index >= 15 is 0 Å². The van der Waals surface area contributed by atoms with Crippen LogP contribution >= 0.6 is 0 Å². The van der Waals surface area contributed by atoms with Crippen LogP contribution in [0.15, 0.2) is 29.3 Å². The zero-order valence-corrected chi connectivity index (χ0v) is 14.9. The molecule has 0 amide bonds. The van der Waals surface area contributed by atoms with Crippen LogP contribution in [0.5, 0.6) is 0 Å². The van der Waals surface area contributed by atoms with Gasteiger partial charge >= 0.3 is 0 Å². The summed E-state index contributed by atoms with van der Waals surface area (Å²) in [6, 6.07) is 9.80. The molecule has 0 bridgehead atoms.